The van der Waals surface area contributed by atoms with E-state index in [-0.39, 0.29) is 5.90 Å². The van der Waals surface area contributed by atoms with Gasteiger partial charge in [-0.15, -0.1) is 0 Å². The number of nitrogens with zero attached hydrogens (tertiary/aromatic N) is 2. The molecule has 1 aromatic heterocycles. The fourth-order valence-electron chi connectivity index (χ4n) is 1.56. The van der Waals surface area contributed by atoms with Gasteiger partial charge >= 0.3 is 6.18 Å². The lowest BCUT2D eigenvalue weighted by atomic mass is 10.2. The average molecular weight is 284 g/mol. The zero-order valence-corrected chi connectivity index (χ0v) is 10.7. The van der Waals surface area contributed by atoms with Gasteiger partial charge in [-0.1, -0.05) is 5.16 Å². The molecule has 0 unspecified atom stereocenters. The molecule has 0 radical (unpaired) electrons. The van der Waals surface area contributed by atoms with Gasteiger partial charge in [0.2, 0.25) is 5.90 Å². The van der Waals surface area contributed by atoms with Crippen molar-refractivity contribution in [2.24, 2.45) is 4.99 Å². The second-order valence-electron chi connectivity index (χ2n) is 3.96. The number of aryl methyl sites for hydroxylation is 1. The molecule has 0 aliphatic rings. The van der Waals surface area contributed by atoms with Crippen molar-refractivity contribution in [1.82, 2.24) is 5.16 Å². The number of rotatable bonds is 2. The van der Waals surface area contributed by atoms with Crippen LogP contribution in [-0.2, 0) is 10.9 Å². The van der Waals surface area contributed by atoms with Crippen molar-refractivity contribution >= 4 is 11.6 Å². The van der Waals surface area contributed by atoms with E-state index in [1.54, 1.807) is 6.92 Å². The highest BCUT2D eigenvalue weighted by Gasteiger charge is 2.29. The molecule has 0 aliphatic carbocycles. The van der Waals surface area contributed by atoms with Crippen LogP contribution < -0.4 is 0 Å². The van der Waals surface area contributed by atoms with Crippen LogP contribution in [-0.4, -0.2) is 18.2 Å². The van der Waals surface area contributed by atoms with Crippen molar-refractivity contribution in [3.8, 4) is 0 Å². The molecule has 1 aromatic carbocycles. The number of ether oxygens (including phenoxy) is 1. The first-order valence-electron chi connectivity index (χ1n) is 5.63. The van der Waals surface area contributed by atoms with E-state index in [0.29, 0.717) is 17.0 Å². The number of benzene rings is 1. The quantitative estimate of drug-likeness (QED) is 0.623. The van der Waals surface area contributed by atoms with Crippen LogP contribution in [0.2, 0.25) is 0 Å². The molecule has 2 aromatic rings. The van der Waals surface area contributed by atoms with E-state index in [9.17, 15) is 13.2 Å². The summed E-state index contributed by atoms with van der Waals surface area (Å²) in [6.45, 7) is 1.68. The van der Waals surface area contributed by atoms with Crippen LogP contribution in [0.25, 0.3) is 0 Å². The molecule has 0 amide bonds. The smallest absolute Gasteiger partial charge is 0.416 e. The second kappa shape index (κ2) is 5.36. The lowest BCUT2D eigenvalue weighted by molar-refractivity contribution is -0.137. The zero-order valence-electron chi connectivity index (χ0n) is 10.7. The van der Waals surface area contributed by atoms with E-state index >= 15 is 0 Å². The third-order valence-corrected chi connectivity index (χ3v) is 2.60. The van der Waals surface area contributed by atoms with E-state index in [0.717, 1.165) is 12.1 Å². The lowest BCUT2D eigenvalue weighted by Crippen LogP contribution is -2.04. The maximum Gasteiger partial charge on any atom is 0.416 e. The van der Waals surface area contributed by atoms with Crippen LogP contribution in [0.4, 0.5) is 18.9 Å². The van der Waals surface area contributed by atoms with Crippen LogP contribution in [0.5, 0.6) is 0 Å². The Balaban J connectivity index is 2.32. The molecule has 1 heterocycles. The molecule has 0 saturated heterocycles. The van der Waals surface area contributed by atoms with Gasteiger partial charge in [0.25, 0.3) is 0 Å². The summed E-state index contributed by atoms with van der Waals surface area (Å²) in [5.41, 5.74) is 0.166. The first-order chi connectivity index (χ1) is 9.41. The summed E-state index contributed by atoms with van der Waals surface area (Å²) in [4.78, 5) is 4.13. The molecular weight excluding hydrogens is 273 g/mol. The molecule has 0 atom stereocenters. The number of hydrogen-bond acceptors (Lipinski definition) is 4. The van der Waals surface area contributed by atoms with Crippen LogP contribution in [0, 0.1) is 6.92 Å². The molecule has 0 fully saturated rings. The van der Waals surface area contributed by atoms with Gasteiger partial charge in [0, 0.05) is 0 Å². The standard InChI is InChI=1S/C13H11F3N2O2/c1-8-11(7-17-20-8)12(19-2)18-10-5-3-9(4-6-10)13(14,15)16/h3-7H,1-2H3. The molecule has 4 nitrogen and oxygen atoms in total. The minimum absolute atomic E-state index is 0.225. The molecule has 0 N–H and O–H groups in total. The summed E-state index contributed by atoms with van der Waals surface area (Å²) in [6, 6.07) is 4.47. The van der Waals surface area contributed by atoms with Crippen molar-refractivity contribution in [2.45, 2.75) is 13.1 Å². The fourth-order valence-corrected chi connectivity index (χ4v) is 1.56. The van der Waals surface area contributed by atoms with Gasteiger partial charge in [0.15, 0.2) is 0 Å². The molecule has 0 aliphatic heterocycles. The number of aliphatic imine (C=N–C) groups is 1. The SMILES string of the molecule is COC(=Nc1ccc(C(F)(F)F)cc1)c1cnoc1C. The van der Waals surface area contributed by atoms with E-state index in [1.807, 2.05) is 0 Å². The van der Waals surface area contributed by atoms with E-state index < -0.39 is 11.7 Å². The predicted octanol–water partition coefficient (Wildman–Crippen LogP) is 3.73. The van der Waals surface area contributed by atoms with Crippen LogP contribution in [0.15, 0.2) is 40.0 Å². The molecule has 0 bridgehead atoms. The fraction of sp³-hybridized carbons (Fsp3) is 0.231. The molecule has 106 valence electrons. The Morgan fingerprint density at radius 1 is 1.25 bits per heavy atom. The number of halogens is 3. The monoisotopic (exact) mass is 284 g/mol. The van der Waals surface area contributed by atoms with Gasteiger partial charge in [0.1, 0.15) is 5.76 Å². The van der Waals surface area contributed by atoms with Crippen molar-refractivity contribution in [3.05, 3.63) is 47.3 Å². The van der Waals surface area contributed by atoms with E-state index in [2.05, 4.69) is 10.1 Å². The number of alkyl halides is 3. The Bertz CT molecular complexity index is 615. The van der Waals surface area contributed by atoms with Crippen LogP contribution in [0.1, 0.15) is 16.9 Å². The van der Waals surface area contributed by atoms with E-state index in [4.69, 9.17) is 9.26 Å². The van der Waals surface area contributed by atoms with Gasteiger partial charge < -0.3 is 9.26 Å². The maximum absolute atomic E-state index is 12.4. The van der Waals surface area contributed by atoms with Gasteiger partial charge in [-0.2, -0.15) is 13.2 Å². The molecule has 2 rings (SSSR count). The normalized spacial score (nSPS) is 12.6. The summed E-state index contributed by atoms with van der Waals surface area (Å²) in [5, 5.41) is 3.59. The van der Waals surface area contributed by atoms with Crippen LogP contribution >= 0.6 is 0 Å². The number of hydrogen-bond donors (Lipinski definition) is 0. The summed E-state index contributed by atoms with van der Waals surface area (Å²) in [7, 11) is 1.41. The topological polar surface area (TPSA) is 47.6 Å². The first kappa shape index (κ1) is 14.1. The molecule has 0 spiro atoms. The second-order valence-corrected chi connectivity index (χ2v) is 3.96. The van der Waals surface area contributed by atoms with Gasteiger partial charge in [-0.3, -0.25) is 0 Å². The number of aromatic nitrogens is 1. The highest BCUT2D eigenvalue weighted by atomic mass is 19.4. The average Bonchev–Trinajstić information content (AvgIpc) is 2.82. The minimum atomic E-state index is -4.36. The Morgan fingerprint density at radius 3 is 2.35 bits per heavy atom. The van der Waals surface area contributed by atoms with Gasteiger partial charge in [0.05, 0.1) is 30.1 Å². The molecular formula is C13H11F3N2O2. The largest absolute Gasteiger partial charge is 0.480 e. The summed E-state index contributed by atoms with van der Waals surface area (Å²) >= 11 is 0. The van der Waals surface area contributed by atoms with Crippen LogP contribution in [0.3, 0.4) is 0 Å². The molecule has 0 saturated carbocycles. The maximum atomic E-state index is 12.4. The highest BCUT2D eigenvalue weighted by Crippen LogP contribution is 2.30. The Labute approximate surface area is 112 Å². The van der Waals surface area contributed by atoms with Crippen molar-refractivity contribution in [1.29, 1.82) is 0 Å². The van der Waals surface area contributed by atoms with E-state index in [1.165, 1.54) is 25.4 Å². The summed E-state index contributed by atoms with van der Waals surface area (Å²) < 4.78 is 47.3. The summed E-state index contributed by atoms with van der Waals surface area (Å²) in [5.74, 6) is 0.737. The van der Waals surface area contributed by atoms with Gasteiger partial charge in [-0.25, -0.2) is 4.99 Å². The predicted molar refractivity (Wildman–Crippen MR) is 65.9 cm³/mol. The highest BCUT2D eigenvalue weighted by molar-refractivity contribution is 5.96. The Kier molecular flexibility index (Phi) is 3.78. The molecule has 20 heavy (non-hydrogen) atoms. The zero-order chi connectivity index (χ0) is 14.8. The van der Waals surface area contributed by atoms with Gasteiger partial charge in [-0.05, 0) is 31.2 Å². The Morgan fingerprint density at radius 2 is 1.90 bits per heavy atom. The Hall–Kier alpha value is -2.31. The van der Waals surface area contributed by atoms with Crippen molar-refractivity contribution < 1.29 is 22.4 Å². The number of methoxy groups -OCH3 is 1. The lowest BCUT2D eigenvalue weighted by Gasteiger charge is -2.07. The minimum Gasteiger partial charge on any atom is -0.480 e. The molecule has 7 heteroatoms. The van der Waals surface area contributed by atoms with Crippen molar-refractivity contribution in [3.63, 3.8) is 0 Å². The first-order valence-corrected chi connectivity index (χ1v) is 5.63. The summed E-state index contributed by atoms with van der Waals surface area (Å²) in [6.07, 6.45) is -2.93. The third-order valence-electron chi connectivity index (χ3n) is 2.60. The third kappa shape index (κ3) is 2.98. The van der Waals surface area contributed by atoms with Crippen molar-refractivity contribution in [2.75, 3.05) is 7.11 Å².